The van der Waals surface area contributed by atoms with E-state index < -0.39 is 0 Å². The molecule has 0 heterocycles. The average molecular weight is 201 g/mol. The molecule has 0 fully saturated rings. The minimum absolute atomic E-state index is 0.203. The first-order valence-corrected chi connectivity index (χ1v) is 4.60. The summed E-state index contributed by atoms with van der Waals surface area (Å²) in [5, 5.41) is 15.4. The van der Waals surface area contributed by atoms with Crippen molar-refractivity contribution in [2.45, 2.75) is 0 Å². The molecule has 15 heavy (non-hydrogen) atoms. The smallest absolute Gasteiger partial charge is 0.125 e. The Morgan fingerprint density at radius 1 is 1.20 bits per heavy atom. The topological polar surface area (TPSA) is 41.8 Å². The van der Waals surface area contributed by atoms with E-state index in [1.54, 1.807) is 6.07 Å². The lowest BCUT2D eigenvalue weighted by atomic mass is 10.0. The van der Waals surface area contributed by atoms with Crippen molar-refractivity contribution in [2.24, 2.45) is 5.16 Å². The van der Waals surface area contributed by atoms with Crippen LogP contribution < -0.4 is 0 Å². The molecule has 0 unspecified atom stereocenters. The molecule has 0 aromatic heterocycles. The number of benzene rings is 2. The fourth-order valence-corrected chi connectivity index (χ4v) is 1.53. The average Bonchev–Trinajstić information content (AvgIpc) is 2.28. The number of aromatic hydroxyl groups is 1. The van der Waals surface area contributed by atoms with Crippen molar-refractivity contribution in [3.8, 4) is 5.75 Å². The highest BCUT2D eigenvalue weighted by molar-refractivity contribution is 6.02. The predicted octanol–water partition coefficient (Wildman–Crippen LogP) is 2.53. The zero-order valence-corrected chi connectivity index (χ0v) is 8.34. The zero-order valence-electron chi connectivity index (χ0n) is 8.34. The second-order valence-electron chi connectivity index (χ2n) is 3.14. The molecule has 0 bridgehead atoms. The first-order chi connectivity index (χ1) is 7.33. The first-order valence-electron chi connectivity index (χ1n) is 4.60. The molecule has 3 heteroatoms. The van der Waals surface area contributed by atoms with E-state index in [9.17, 15) is 5.11 Å². The molecule has 0 saturated heterocycles. The van der Waals surface area contributed by atoms with E-state index in [0.29, 0.717) is 5.56 Å². The molecule has 0 radical (unpaired) electrons. The van der Waals surface area contributed by atoms with Gasteiger partial charge in [0.1, 0.15) is 12.9 Å². The maximum atomic E-state index is 9.69. The third-order valence-electron chi connectivity index (χ3n) is 2.23. The van der Waals surface area contributed by atoms with Crippen LogP contribution in [0.15, 0.2) is 41.6 Å². The Morgan fingerprint density at radius 3 is 2.80 bits per heavy atom. The third kappa shape index (κ3) is 1.76. The monoisotopic (exact) mass is 201 g/mol. The molecule has 0 amide bonds. The third-order valence-corrected chi connectivity index (χ3v) is 2.23. The molecule has 0 spiro atoms. The summed E-state index contributed by atoms with van der Waals surface area (Å²) in [5.74, 6) is 0.203. The number of phenolic OH excluding ortho intramolecular Hbond substituents is 1. The molecular formula is C12H11NO2. The summed E-state index contributed by atoms with van der Waals surface area (Å²) in [7, 11) is 1.47. The summed E-state index contributed by atoms with van der Waals surface area (Å²) in [6.07, 6.45) is 1.51. The van der Waals surface area contributed by atoms with Crippen LogP contribution in [0, 0.1) is 0 Å². The van der Waals surface area contributed by atoms with E-state index in [1.165, 1.54) is 13.3 Å². The highest BCUT2D eigenvalue weighted by Gasteiger charge is 2.03. The summed E-state index contributed by atoms with van der Waals surface area (Å²) in [6, 6.07) is 11.3. The van der Waals surface area contributed by atoms with Crippen LogP contribution in [0.5, 0.6) is 5.75 Å². The fourth-order valence-electron chi connectivity index (χ4n) is 1.53. The lowest BCUT2D eigenvalue weighted by Gasteiger charge is -2.03. The highest BCUT2D eigenvalue weighted by atomic mass is 16.6. The number of fused-ring (bicyclic) bond motifs is 1. The van der Waals surface area contributed by atoms with E-state index in [4.69, 9.17) is 0 Å². The van der Waals surface area contributed by atoms with Crippen LogP contribution in [0.4, 0.5) is 0 Å². The van der Waals surface area contributed by atoms with Crippen LogP contribution >= 0.6 is 0 Å². The highest BCUT2D eigenvalue weighted by Crippen LogP contribution is 2.25. The lowest BCUT2D eigenvalue weighted by Crippen LogP contribution is -1.86. The van der Waals surface area contributed by atoms with Crippen molar-refractivity contribution in [3.63, 3.8) is 0 Å². The lowest BCUT2D eigenvalue weighted by molar-refractivity contribution is 0.215. The van der Waals surface area contributed by atoms with Gasteiger partial charge in [0.2, 0.25) is 0 Å². The van der Waals surface area contributed by atoms with Gasteiger partial charge in [0, 0.05) is 5.56 Å². The predicted molar refractivity (Wildman–Crippen MR) is 60.2 cm³/mol. The second kappa shape index (κ2) is 4.00. The van der Waals surface area contributed by atoms with Gasteiger partial charge in [-0.15, -0.1) is 0 Å². The van der Waals surface area contributed by atoms with Crippen molar-refractivity contribution in [1.29, 1.82) is 0 Å². The number of nitrogens with zero attached hydrogens (tertiary/aromatic N) is 1. The van der Waals surface area contributed by atoms with Crippen LogP contribution in [0.2, 0.25) is 0 Å². The summed E-state index contributed by atoms with van der Waals surface area (Å²) in [4.78, 5) is 4.61. The molecule has 76 valence electrons. The van der Waals surface area contributed by atoms with Gasteiger partial charge in [-0.1, -0.05) is 35.5 Å². The first kappa shape index (κ1) is 9.52. The molecule has 0 saturated carbocycles. The van der Waals surface area contributed by atoms with E-state index >= 15 is 0 Å². The van der Waals surface area contributed by atoms with E-state index in [-0.39, 0.29) is 5.75 Å². The van der Waals surface area contributed by atoms with E-state index in [0.717, 1.165) is 10.8 Å². The van der Waals surface area contributed by atoms with Crippen molar-refractivity contribution in [1.82, 2.24) is 0 Å². The Balaban J connectivity index is 2.68. The van der Waals surface area contributed by atoms with Gasteiger partial charge in [-0.3, -0.25) is 0 Å². The molecule has 0 atom stereocenters. The van der Waals surface area contributed by atoms with Crippen LogP contribution in [-0.2, 0) is 4.84 Å². The minimum Gasteiger partial charge on any atom is -0.507 e. The zero-order chi connectivity index (χ0) is 10.7. The molecule has 1 N–H and O–H groups in total. The van der Waals surface area contributed by atoms with Crippen molar-refractivity contribution in [2.75, 3.05) is 7.11 Å². The van der Waals surface area contributed by atoms with Gasteiger partial charge in [-0.25, -0.2) is 0 Å². The van der Waals surface area contributed by atoms with Gasteiger partial charge < -0.3 is 9.94 Å². The summed E-state index contributed by atoms with van der Waals surface area (Å²) >= 11 is 0. The Labute approximate surface area is 87.6 Å². The summed E-state index contributed by atoms with van der Waals surface area (Å²) in [5.41, 5.74) is 0.676. The number of phenols is 1. The maximum absolute atomic E-state index is 9.69. The van der Waals surface area contributed by atoms with Gasteiger partial charge in [0.15, 0.2) is 0 Å². The van der Waals surface area contributed by atoms with E-state index in [2.05, 4.69) is 9.99 Å². The summed E-state index contributed by atoms with van der Waals surface area (Å²) < 4.78 is 0. The van der Waals surface area contributed by atoms with Crippen molar-refractivity contribution < 1.29 is 9.94 Å². The van der Waals surface area contributed by atoms with Crippen LogP contribution in [-0.4, -0.2) is 18.4 Å². The number of hydrogen-bond donors (Lipinski definition) is 1. The quantitative estimate of drug-likeness (QED) is 0.599. The number of hydrogen-bond acceptors (Lipinski definition) is 3. The van der Waals surface area contributed by atoms with E-state index in [1.807, 2.05) is 30.3 Å². The SMILES string of the molecule is CO/N=C/c1c(O)ccc2ccccc12. The van der Waals surface area contributed by atoms with Gasteiger partial charge in [0.05, 0.1) is 6.21 Å². The van der Waals surface area contributed by atoms with Crippen molar-refractivity contribution in [3.05, 3.63) is 42.0 Å². The Morgan fingerprint density at radius 2 is 2.00 bits per heavy atom. The minimum atomic E-state index is 0.203. The summed E-state index contributed by atoms with van der Waals surface area (Å²) in [6.45, 7) is 0. The van der Waals surface area contributed by atoms with Crippen LogP contribution in [0.25, 0.3) is 10.8 Å². The maximum Gasteiger partial charge on any atom is 0.125 e. The molecule has 0 aliphatic heterocycles. The Bertz CT molecular complexity index is 506. The standard InChI is InChI=1S/C12H11NO2/c1-15-13-8-11-10-5-3-2-4-9(10)6-7-12(11)14/h2-8,14H,1H3/b13-8+. The normalized spacial score (nSPS) is 11.0. The molecular weight excluding hydrogens is 190 g/mol. The molecule has 2 rings (SSSR count). The molecule has 3 nitrogen and oxygen atoms in total. The molecule has 2 aromatic rings. The van der Waals surface area contributed by atoms with Gasteiger partial charge in [-0.05, 0) is 16.8 Å². The number of rotatable bonds is 2. The second-order valence-corrected chi connectivity index (χ2v) is 3.14. The van der Waals surface area contributed by atoms with Crippen LogP contribution in [0.3, 0.4) is 0 Å². The van der Waals surface area contributed by atoms with Gasteiger partial charge in [0.25, 0.3) is 0 Å². The van der Waals surface area contributed by atoms with Crippen LogP contribution in [0.1, 0.15) is 5.56 Å². The van der Waals surface area contributed by atoms with Crippen molar-refractivity contribution >= 4 is 17.0 Å². The largest absolute Gasteiger partial charge is 0.507 e. The molecule has 0 aliphatic carbocycles. The molecule has 2 aromatic carbocycles. The number of oxime groups is 1. The van der Waals surface area contributed by atoms with Gasteiger partial charge in [-0.2, -0.15) is 0 Å². The molecule has 0 aliphatic rings. The Hall–Kier alpha value is -2.03. The fraction of sp³-hybridized carbons (Fsp3) is 0.0833. The Kier molecular flexibility index (Phi) is 2.54. The van der Waals surface area contributed by atoms with Gasteiger partial charge >= 0.3 is 0 Å².